The first-order valence-electron chi connectivity index (χ1n) is 6.06. The Morgan fingerprint density at radius 1 is 1.63 bits per heavy atom. The lowest BCUT2D eigenvalue weighted by Crippen LogP contribution is -2.33. The van der Waals surface area contributed by atoms with Gasteiger partial charge in [0.1, 0.15) is 9.71 Å². The van der Waals surface area contributed by atoms with E-state index in [1.54, 1.807) is 13.3 Å². The van der Waals surface area contributed by atoms with Gasteiger partial charge in [-0.1, -0.05) is 0 Å². The zero-order valence-electron chi connectivity index (χ0n) is 11.0. The Morgan fingerprint density at radius 2 is 2.42 bits per heavy atom. The van der Waals surface area contributed by atoms with E-state index in [-0.39, 0.29) is 11.9 Å². The second kappa shape index (κ2) is 5.99. The predicted molar refractivity (Wildman–Crippen MR) is 77.5 cm³/mol. The maximum atomic E-state index is 12.2. The largest absolute Gasteiger partial charge is 0.397 e. The van der Waals surface area contributed by atoms with Crippen LogP contribution in [0.5, 0.6) is 0 Å². The highest BCUT2D eigenvalue weighted by atomic mass is 32.1. The molecule has 5 nitrogen and oxygen atoms in total. The molecule has 0 spiro atoms. The molecule has 2 aromatic heterocycles. The number of methoxy groups -OCH3 is 1. The number of carbonyl (C=O) groups is 1. The van der Waals surface area contributed by atoms with E-state index < -0.39 is 0 Å². The van der Waals surface area contributed by atoms with Crippen molar-refractivity contribution in [3.8, 4) is 0 Å². The quantitative estimate of drug-likeness (QED) is 0.878. The fourth-order valence-corrected chi connectivity index (χ4v) is 2.74. The maximum absolute atomic E-state index is 12.2. The summed E-state index contributed by atoms with van der Waals surface area (Å²) in [6.45, 7) is 2.56. The van der Waals surface area contributed by atoms with Gasteiger partial charge >= 0.3 is 0 Å². The second-order valence-corrected chi connectivity index (χ2v) is 5.36. The van der Waals surface area contributed by atoms with Crippen molar-refractivity contribution in [2.75, 3.05) is 19.5 Å². The molecule has 2 aromatic rings. The van der Waals surface area contributed by atoms with E-state index in [2.05, 4.69) is 10.3 Å². The molecule has 1 unspecified atom stereocenters. The van der Waals surface area contributed by atoms with Gasteiger partial charge in [0.15, 0.2) is 0 Å². The van der Waals surface area contributed by atoms with Crippen LogP contribution in [-0.2, 0) is 4.74 Å². The molecular formula is C13H17N3O2S. The summed E-state index contributed by atoms with van der Waals surface area (Å²) < 4.78 is 4.99. The van der Waals surface area contributed by atoms with Crippen LogP contribution in [0.4, 0.5) is 5.69 Å². The highest BCUT2D eigenvalue weighted by Gasteiger charge is 2.18. The number of carbonyl (C=O) groups excluding carboxylic acids is 1. The van der Waals surface area contributed by atoms with E-state index in [1.807, 2.05) is 19.1 Å². The number of pyridine rings is 1. The van der Waals surface area contributed by atoms with E-state index in [9.17, 15) is 4.79 Å². The number of amides is 1. The fourth-order valence-electron chi connectivity index (χ4n) is 1.78. The molecule has 102 valence electrons. The van der Waals surface area contributed by atoms with Crippen LogP contribution in [-0.4, -0.2) is 30.6 Å². The monoisotopic (exact) mass is 279 g/mol. The van der Waals surface area contributed by atoms with Gasteiger partial charge in [-0.25, -0.2) is 4.98 Å². The van der Waals surface area contributed by atoms with Gasteiger partial charge in [0.25, 0.3) is 5.91 Å². The summed E-state index contributed by atoms with van der Waals surface area (Å²) in [5.41, 5.74) is 6.50. The van der Waals surface area contributed by atoms with E-state index in [4.69, 9.17) is 10.5 Å². The molecule has 0 aliphatic carbocycles. The second-order valence-electron chi connectivity index (χ2n) is 4.36. The minimum Gasteiger partial charge on any atom is -0.397 e. The molecular weight excluding hydrogens is 262 g/mol. The van der Waals surface area contributed by atoms with Crippen molar-refractivity contribution in [1.82, 2.24) is 10.3 Å². The molecule has 2 rings (SSSR count). The Balaban J connectivity index is 2.15. The molecule has 0 bridgehead atoms. The summed E-state index contributed by atoms with van der Waals surface area (Å²) in [4.78, 5) is 17.7. The van der Waals surface area contributed by atoms with Crippen LogP contribution >= 0.6 is 11.3 Å². The standard InChI is InChI=1S/C13H17N3O2S/c1-8(5-7-18-2)16-12(17)11-10(14)9-4-3-6-15-13(9)19-11/h3-4,6,8H,5,7,14H2,1-2H3,(H,16,17). The molecule has 0 radical (unpaired) electrons. The number of nitrogens with zero attached hydrogens (tertiary/aromatic N) is 1. The zero-order valence-corrected chi connectivity index (χ0v) is 11.8. The van der Waals surface area contributed by atoms with Crippen molar-refractivity contribution in [3.05, 3.63) is 23.2 Å². The molecule has 0 saturated carbocycles. The first kappa shape index (κ1) is 13.8. The number of fused-ring (bicyclic) bond motifs is 1. The summed E-state index contributed by atoms with van der Waals surface area (Å²) in [5.74, 6) is -0.149. The Kier molecular flexibility index (Phi) is 4.34. The summed E-state index contributed by atoms with van der Waals surface area (Å²) in [6, 6.07) is 3.73. The van der Waals surface area contributed by atoms with Crippen molar-refractivity contribution in [1.29, 1.82) is 0 Å². The molecule has 0 saturated heterocycles. The number of rotatable bonds is 5. The van der Waals surface area contributed by atoms with E-state index in [0.29, 0.717) is 17.2 Å². The highest BCUT2D eigenvalue weighted by Crippen LogP contribution is 2.31. The summed E-state index contributed by atoms with van der Waals surface area (Å²) in [6.07, 6.45) is 2.46. The van der Waals surface area contributed by atoms with Gasteiger partial charge < -0.3 is 15.8 Å². The molecule has 0 aromatic carbocycles. The van der Waals surface area contributed by atoms with Gasteiger partial charge in [-0.2, -0.15) is 0 Å². The normalized spacial score (nSPS) is 12.5. The van der Waals surface area contributed by atoms with Gasteiger partial charge in [-0.05, 0) is 25.5 Å². The van der Waals surface area contributed by atoms with Crippen molar-refractivity contribution >= 4 is 33.1 Å². The van der Waals surface area contributed by atoms with Crippen LogP contribution < -0.4 is 11.1 Å². The Hall–Kier alpha value is -1.66. The molecule has 1 amide bonds. The van der Waals surface area contributed by atoms with E-state index >= 15 is 0 Å². The third-order valence-corrected chi connectivity index (χ3v) is 3.97. The SMILES string of the molecule is COCCC(C)NC(=O)c1sc2ncccc2c1N. The number of hydrogen-bond donors (Lipinski definition) is 2. The highest BCUT2D eigenvalue weighted by molar-refractivity contribution is 7.21. The zero-order chi connectivity index (χ0) is 13.8. The first-order valence-corrected chi connectivity index (χ1v) is 6.88. The van der Waals surface area contributed by atoms with Crippen LogP contribution in [0.25, 0.3) is 10.2 Å². The number of nitrogens with one attached hydrogen (secondary N) is 1. The maximum Gasteiger partial charge on any atom is 0.263 e. The van der Waals surface area contributed by atoms with Crippen molar-refractivity contribution < 1.29 is 9.53 Å². The smallest absolute Gasteiger partial charge is 0.263 e. The minimum absolute atomic E-state index is 0.0463. The van der Waals surface area contributed by atoms with Crippen LogP contribution in [0, 0.1) is 0 Å². The summed E-state index contributed by atoms with van der Waals surface area (Å²) in [5, 5.41) is 3.75. The summed E-state index contributed by atoms with van der Waals surface area (Å²) in [7, 11) is 1.64. The molecule has 0 aliphatic heterocycles. The van der Waals surface area contributed by atoms with Crippen LogP contribution in [0.15, 0.2) is 18.3 Å². The lowest BCUT2D eigenvalue weighted by Gasteiger charge is -2.12. The number of anilines is 1. The van der Waals surface area contributed by atoms with E-state index in [1.165, 1.54) is 11.3 Å². The molecule has 19 heavy (non-hydrogen) atoms. The topological polar surface area (TPSA) is 77.2 Å². The van der Waals surface area contributed by atoms with Gasteiger partial charge in [-0.15, -0.1) is 11.3 Å². The van der Waals surface area contributed by atoms with Gasteiger partial charge in [0, 0.05) is 31.3 Å². The molecule has 0 fully saturated rings. The average molecular weight is 279 g/mol. The number of aromatic nitrogens is 1. The number of hydrogen-bond acceptors (Lipinski definition) is 5. The average Bonchev–Trinajstić information content (AvgIpc) is 2.74. The lowest BCUT2D eigenvalue weighted by molar-refractivity contribution is 0.0934. The molecule has 0 aliphatic rings. The Bertz CT molecular complexity index is 582. The van der Waals surface area contributed by atoms with Gasteiger partial charge in [0.2, 0.25) is 0 Å². The van der Waals surface area contributed by atoms with Gasteiger partial charge in [0.05, 0.1) is 5.69 Å². The number of ether oxygens (including phenoxy) is 1. The summed E-state index contributed by atoms with van der Waals surface area (Å²) >= 11 is 1.32. The van der Waals surface area contributed by atoms with Crippen LogP contribution in [0.1, 0.15) is 23.0 Å². The van der Waals surface area contributed by atoms with Crippen molar-refractivity contribution in [2.45, 2.75) is 19.4 Å². The number of nitrogens with two attached hydrogens (primary N) is 1. The lowest BCUT2D eigenvalue weighted by atomic mass is 10.2. The third-order valence-electron chi connectivity index (χ3n) is 2.84. The molecule has 3 N–H and O–H groups in total. The minimum atomic E-state index is -0.149. The number of thiophene rings is 1. The third kappa shape index (κ3) is 3.02. The molecule has 1 atom stereocenters. The van der Waals surface area contributed by atoms with E-state index in [0.717, 1.165) is 16.6 Å². The number of nitrogen functional groups attached to an aromatic ring is 1. The van der Waals surface area contributed by atoms with Crippen LogP contribution in [0.2, 0.25) is 0 Å². The molecule has 6 heteroatoms. The first-order chi connectivity index (χ1) is 9.13. The van der Waals surface area contributed by atoms with Crippen molar-refractivity contribution in [3.63, 3.8) is 0 Å². The Labute approximate surface area is 115 Å². The van der Waals surface area contributed by atoms with Crippen LogP contribution in [0.3, 0.4) is 0 Å². The predicted octanol–water partition coefficient (Wildman–Crippen LogP) is 2.03. The van der Waals surface area contributed by atoms with Crippen molar-refractivity contribution in [2.24, 2.45) is 0 Å². The molecule has 2 heterocycles. The Morgan fingerprint density at radius 3 is 3.11 bits per heavy atom. The fraction of sp³-hybridized carbons (Fsp3) is 0.385. The van der Waals surface area contributed by atoms with Gasteiger partial charge in [-0.3, -0.25) is 4.79 Å².